The maximum Gasteiger partial charge on any atom is 0.363 e. The molecule has 2 aromatic carbocycles. The van der Waals surface area contributed by atoms with Crippen molar-refractivity contribution in [2.24, 2.45) is 4.99 Å². The fourth-order valence-electron chi connectivity index (χ4n) is 2.73. The number of carbonyl (C=O) groups excluding carboxylic acids is 2. The second kappa shape index (κ2) is 8.52. The number of hydrogen-bond donors (Lipinski definition) is 0. The lowest BCUT2D eigenvalue weighted by Crippen LogP contribution is -2.08. The Balaban J connectivity index is 1.87. The molecule has 0 atom stereocenters. The smallest absolute Gasteiger partial charge is 0.363 e. The number of cyclic esters (lactones) is 1. The Hall–Kier alpha value is -3.41. The van der Waals surface area contributed by atoms with Gasteiger partial charge in [-0.25, -0.2) is 9.79 Å². The highest BCUT2D eigenvalue weighted by Gasteiger charge is 2.25. The van der Waals surface area contributed by atoms with Crippen LogP contribution in [0.3, 0.4) is 0 Å². The first-order valence-corrected chi connectivity index (χ1v) is 8.99. The lowest BCUT2D eigenvalue weighted by molar-refractivity contribution is -0.134. The number of hydrogen-bond acceptors (Lipinski definition) is 6. The average Bonchev–Trinajstić information content (AvgIpc) is 3.03. The molecule has 0 spiro atoms. The topological polar surface area (TPSA) is 74.2 Å². The number of aryl methyl sites for hydroxylation is 1. The minimum absolute atomic E-state index is 0.191. The van der Waals surface area contributed by atoms with Crippen LogP contribution < -0.4 is 9.47 Å². The van der Waals surface area contributed by atoms with E-state index in [0.717, 1.165) is 11.1 Å². The highest BCUT2D eigenvalue weighted by Crippen LogP contribution is 2.30. The molecule has 0 aliphatic carbocycles. The van der Waals surface area contributed by atoms with E-state index >= 15 is 0 Å². The van der Waals surface area contributed by atoms with Crippen molar-refractivity contribution >= 4 is 23.9 Å². The number of rotatable bonds is 6. The molecule has 1 aliphatic heterocycles. The van der Waals surface area contributed by atoms with Crippen LogP contribution >= 0.6 is 0 Å². The Morgan fingerprint density at radius 1 is 1.18 bits per heavy atom. The molecule has 1 aliphatic rings. The zero-order valence-electron chi connectivity index (χ0n) is 16.0. The second-order valence-corrected chi connectivity index (χ2v) is 6.29. The van der Waals surface area contributed by atoms with Gasteiger partial charge in [-0.2, -0.15) is 0 Å². The molecule has 2 aromatic rings. The summed E-state index contributed by atoms with van der Waals surface area (Å²) in [5, 5.41) is 0. The predicted octanol–water partition coefficient (Wildman–Crippen LogP) is 4.05. The Morgan fingerprint density at radius 2 is 1.96 bits per heavy atom. The van der Waals surface area contributed by atoms with Crippen LogP contribution in [0.15, 0.2) is 53.2 Å². The summed E-state index contributed by atoms with van der Waals surface area (Å²) in [5.74, 6) is 0.176. The van der Waals surface area contributed by atoms with E-state index in [1.165, 1.54) is 7.11 Å². The number of aliphatic imine (C=N–C) groups is 1. The third kappa shape index (κ3) is 4.28. The monoisotopic (exact) mass is 379 g/mol. The molecule has 0 amide bonds. The number of nitrogens with zero attached hydrogens (tertiary/aromatic N) is 1. The molecule has 6 nitrogen and oxygen atoms in total. The highest BCUT2D eigenvalue weighted by atomic mass is 16.6. The van der Waals surface area contributed by atoms with Crippen LogP contribution in [0.2, 0.25) is 0 Å². The molecule has 1 heterocycles. The normalized spacial score (nSPS) is 14.6. The number of ether oxygens (including phenoxy) is 3. The van der Waals surface area contributed by atoms with E-state index in [9.17, 15) is 9.59 Å². The maximum absolute atomic E-state index is 12.2. The molecule has 144 valence electrons. The Bertz CT molecular complexity index is 975. The van der Waals surface area contributed by atoms with Gasteiger partial charge in [-0.05, 0) is 48.7 Å². The van der Waals surface area contributed by atoms with E-state index in [4.69, 9.17) is 14.2 Å². The fraction of sp³-hybridized carbons (Fsp3) is 0.227. The van der Waals surface area contributed by atoms with Crippen LogP contribution in [0.5, 0.6) is 11.5 Å². The van der Waals surface area contributed by atoms with Gasteiger partial charge >= 0.3 is 11.9 Å². The molecule has 0 aromatic heterocycles. The number of benzene rings is 2. The van der Waals surface area contributed by atoms with Crippen molar-refractivity contribution in [3.63, 3.8) is 0 Å². The first kappa shape index (κ1) is 19.4. The Labute approximate surface area is 163 Å². The van der Waals surface area contributed by atoms with Gasteiger partial charge in [0.2, 0.25) is 5.90 Å². The van der Waals surface area contributed by atoms with Gasteiger partial charge in [-0.1, -0.05) is 31.2 Å². The summed E-state index contributed by atoms with van der Waals surface area (Å²) < 4.78 is 15.9. The van der Waals surface area contributed by atoms with Gasteiger partial charge in [-0.15, -0.1) is 0 Å². The van der Waals surface area contributed by atoms with Crippen molar-refractivity contribution in [2.45, 2.75) is 26.7 Å². The van der Waals surface area contributed by atoms with Crippen LogP contribution in [0.4, 0.5) is 0 Å². The summed E-state index contributed by atoms with van der Waals surface area (Å²) in [5.41, 5.74) is 2.61. The van der Waals surface area contributed by atoms with Gasteiger partial charge in [0.15, 0.2) is 17.2 Å². The third-order valence-electron chi connectivity index (χ3n) is 4.16. The predicted molar refractivity (Wildman–Crippen MR) is 105 cm³/mol. The summed E-state index contributed by atoms with van der Waals surface area (Å²) in [6, 6.07) is 12.6. The zero-order valence-corrected chi connectivity index (χ0v) is 16.0. The molecule has 0 radical (unpaired) electrons. The van der Waals surface area contributed by atoms with Gasteiger partial charge in [0, 0.05) is 12.0 Å². The van der Waals surface area contributed by atoms with Crippen molar-refractivity contribution in [3.05, 3.63) is 64.9 Å². The van der Waals surface area contributed by atoms with E-state index in [-0.39, 0.29) is 17.6 Å². The lowest BCUT2D eigenvalue weighted by atomic mass is 10.1. The summed E-state index contributed by atoms with van der Waals surface area (Å²) in [6.45, 7) is 3.83. The van der Waals surface area contributed by atoms with Crippen LogP contribution in [-0.2, 0) is 14.3 Å². The highest BCUT2D eigenvalue weighted by molar-refractivity contribution is 6.13. The molecule has 0 saturated heterocycles. The zero-order chi connectivity index (χ0) is 20.1. The molecule has 0 saturated carbocycles. The Kier molecular flexibility index (Phi) is 5.89. The molecule has 0 N–H and O–H groups in total. The molecule has 0 unspecified atom stereocenters. The molecular formula is C22H21NO5. The summed E-state index contributed by atoms with van der Waals surface area (Å²) >= 11 is 0. The number of esters is 2. The molecule has 0 fully saturated rings. The number of carbonyl (C=O) groups is 2. The second-order valence-electron chi connectivity index (χ2n) is 6.29. The lowest BCUT2D eigenvalue weighted by Gasteiger charge is -2.09. The van der Waals surface area contributed by atoms with Crippen LogP contribution in [-0.4, -0.2) is 24.9 Å². The molecular weight excluding hydrogens is 358 g/mol. The van der Waals surface area contributed by atoms with Gasteiger partial charge in [0.05, 0.1) is 7.11 Å². The van der Waals surface area contributed by atoms with Gasteiger partial charge in [-0.3, -0.25) is 4.79 Å². The van der Waals surface area contributed by atoms with Gasteiger partial charge < -0.3 is 14.2 Å². The van der Waals surface area contributed by atoms with Crippen LogP contribution in [0, 0.1) is 6.92 Å². The standard InChI is InChI=1S/C22H21NO5/c1-4-7-20(24)27-18-11-10-15(13-19(18)26-3)12-17-22(25)28-21(23-17)16-9-6-5-8-14(16)2/h5-6,8-13H,4,7H2,1-3H3/b17-12-. The van der Waals surface area contributed by atoms with Crippen molar-refractivity contribution < 1.29 is 23.8 Å². The van der Waals surface area contributed by atoms with E-state index in [1.54, 1.807) is 24.3 Å². The van der Waals surface area contributed by atoms with Crippen molar-refractivity contribution in [3.8, 4) is 11.5 Å². The summed E-state index contributed by atoms with van der Waals surface area (Å²) in [6.07, 6.45) is 2.64. The first-order valence-electron chi connectivity index (χ1n) is 8.99. The van der Waals surface area contributed by atoms with Crippen LogP contribution in [0.1, 0.15) is 36.5 Å². The number of methoxy groups -OCH3 is 1. The minimum atomic E-state index is -0.518. The maximum atomic E-state index is 12.2. The fourth-order valence-corrected chi connectivity index (χ4v) is 2.73. The van der Waals surface area contributed by atoms with Crippen molar-refractivity contribution in [1.82, 2.24) is 0 Å². The van der Waals surface area contributed by atoms with Crippen molar-refractivity contribution in [1.29, 1.82) is 0 Å². The molecule has 28 heavy (non-hydrogen) atoms. The Morgan fingerprint density at radius 3 is 2.68 bits per heavy atom. The minimum Gasteiger partial charge on any atom is -0.493 e. The van der Waals surface area contributed by atoms with Crippen molar-refractivity contribution in [2.75, 3.05) is 7.11 Å². The average molecular weight is 379 g/mol. The first-order chi connectivity index (χ1) is 13.5. The quantitative estimate of drug-likeness (QED) is 0.430. The summed E-state index contributed by atoms with van der Waals surface area (Å²) in [7, 11) is 1.49. The van der Waals surface area contributed by atoms with E-state index in [0.29, 0.717) is 29.9 Å². The largest absolute Gasteiger partial charge is 0.493 e. The van der Waals surface area contributed by atoms with E-state index < -0.39 is 5.97 Å². The molecule has 3 rings (SSSR count). The third-order valence-corrected chi connectivity index (χ3v) is 4.16. The van der Waals surface area contributed by atoms with E-state index in [2.05, 4.69) is 4.99 Å². The molecule has 0 bridgehead atoms. The molecule has 6 heteroatoms. The van der Waals surface area contributed by atoms with Gasteiger partial charge in [0.1, 0.15) is 0 Å². The van der Waals surface area contributed by atoms with Gasteiger partial charge in [0.25, 0.3) is 0 Å². The van der Waals surface area contributed by atoms with Crippen LogP contribution in [0.25, 0.3) is 6.08 Å². The SMILES string of the molecule is CCCC(=O)Oc1ccc(/C=C2\N=C(c3ccccc3C)OC2=O)cc1OC. The van der Waals surface area contributed by atoms with E-state index in [1.807, 2.05) is 38.1 Å². The summed E-state index contributed by atoms with van der Waals surface area (Å²) in [4.78, 5) is 28.2.